The Bertz CT molecular complexity index is 750. The zero-order chi connectivity index (χ0) is 20.6. The number of hydrogen-bond acceptors (Lipinski definition) is 5. The Morgan fingerprint density at radius 2 is 1.97 bits per heavy atom. The number of aliphatic hydroxyl groups excluding tert-OH is 1. The van der Waals surface area contributed by atoms with Gasteiger partial charge in [-0.05, 0) is 30.0 Å². The molecule has 0 bridgehead atoms. The number of halogens is 2. The smallest absolute Gasteiger partial charge is 0.254 e. The van der Waals surface area contributed by atoms with Crippen LogP contribution in [-0.4, -0.2) is 72.4 Å². The molecule has 1 aromatic carbocycles. The summed E-state index contributed by atoms with van der Waals surface area (Å²) in [4.78, 5) is 17.0. The van der Waals surface area contributed by atoms with Crippen molar-refractivity contribution in [1.82, 2.24) is 9.80 Å². The van der Waals surface area contributed by atoms with E-state index in [-0.39, 0.29) is 50.0 Å². The van der Waals surface area contributed by atoms with Crippen LogP contribution in [0, 0.1) is 11.8 Å². The Kier molecular flexibility index (Phi) is 5.66. The van der Waals surface area contributed by atoms with Gasteiger partial charge in [0, 0.05) is 44.6 Å². The van der Waals surface area contributed by atoms with E-state index in [1.807, 2.05) is 0 Å². The summed E-state index contributed by atoms with van der Waals surface area (Å²) in [6.07, 6.45) is 0.621. The van der Waals surface area contributed by atoms with Crippen molar-refractivity contribution in [2.24, 2.45) is 11.8 Å². The Balaban J connectivity index is 1.49. The molecule has 0 saturated carbocycles. The zero-order valence-corrected chi connectivity index (χ0v) is 16.7. The van der Waals surface area contributed by atoms with Gasteiger partial charge in [-0.15, -0.1) is 0 Å². The second kappa shape index (κ2) is 8.07. The third-order valence-corrected chi connectivity index (χ3v) is 6.58. The topological polar surface area (TPSA) is 62.2 Å². The van der Waals surface area contributed by atoms with Crippen LogP contribution >= 0.6 is 0 Å². The van der Waals surface area contributed by atoms with Crippen molar-refractivity contribution in [1.29, 1.82) is 0 Å². The number of carbonyl (C=O) groups is 1. The first-order valence-corrected chi connectivity index (χ1v) is 10.3. The molecule has 2 saturated heterocycles. The van der Waals surface area contributed by atoms with Crippen LogP contribution in [0.2, 0.25) is 0 Å². The minimum Gasteiger partial charge on any atom is -0.454 e. The van der Waals surface area contributed by atoms with E-state index in [2.05, 4.69) is 11.8 Å². The minimum absolute atomic E-state index is 0.0645. The average molecular weight is 410 g/mol. The number of benzene rings is 1. The summed E-state index contributed by atoms with van der Waals surface area (Å²) in [6, 6.07) is 4.80. The monoisotopic (exact) mass is 410 g/mol. The lowest BCUT2D eigenvalue weighted by atomic mass is 9.87. The maximum atomic E-state index is 13.5. The Labute approximate surface area is 169 Å². The second-order valence-corrected chi connectivity index (χ2v) is 8.26. The van der Waals surface area contributed by atoms with Crippen molar-refractivity contribution in [3.05, 3.63) is 23.8 Å². The van der Waals surface area contributed by atoms with Gasteiger partial charge < -0.3 is 24.4 Å². The first-order valence-electron chi connectivity index (χ1n) is 10.3. The van der Waals surface area contributed by atoms with Gasteiger partial charge >= 0.3 is 0 Å². The molecule has 2 fully saturated rings. The number of likely N-dealkylation sites (tertiary alicyclic amines) is 2. The van der Waals surface area contributed by atoms with Gasteiger partial charge in [0.1, 0.15) is 0 Å². The fourth-order valence-corrected chi connectivity index (χ4v) is 4.80. The molecule has 0 unspecified atom stereocenters. The van der Waals surface area contributed by atoms with E-state index in [1.54, 1.807) is 23.1 Å². The van der Waals surface area contributed by atoms with Crippen LogP contribution in [0.4, 0.5) is 8.78 Å². The van der Waals surface area contributed by atoms with Gasteiger partial charge in [0.2, 0.25) is 6.79 Å². The first kappa shape index (κ1) is 20.3. The number of carbonyl (C=O) groups excluding carboxylic acids is 1. The van der Waals surface area contributed by atoms with E-state index in [0.29, 0.717) is 43.2 Å². The highest BCUT2D eigenvalue weighted by molar-refractivity contribution is 5.95. The molecule has 3 aliphatic heterocycles. The normalized spacial score (nSPS) is 28.7. The van der Waals surface area contributed by atoms with Gasteiger partial charge in [-0.2, -0.15) is 0 Å². The Morgan fingerprint density at radius 1 is 1.24 bits per heavy atom. The quantitative estimate of drug-likeness (QED) is 0.809. The molecule has 0 spiro atoms. The lowest BCUT2D eigenvalue weighted by molar-refractivity contribution is -0.0591. The molecular formula is C21H28F2N2O4. The van der Waals surface area contributed by atoms with E-state index < -0.39 is 5.92 Å². The lowest BCUT2D eigenvalue weighted by Gasteiger charge is -2.36. The molecule has 0 radical (unpaired) electrons. The molecule has 1 amide bonds. The standard InChI is InChI=1S/C21H28F2N2O4/c1-2-14-10-25(20(27)15-3-4-18-19(9-15)29-13-28-18)17(12-26)16(14)11-24-7-5-21(22,23)6-8-24/h3-4,9,14,16-17,26H,2,5-8,10-13H2,1H3/t14-,16-,17-/m1/s1. The number of rotatable bonds is 5. The van der Waals surface area contributed by atoms with Crippen molar-refractivity contribution < 1.29 is 28.2 Å². The van der Waals surface area contributed by atoms with E-state index in [9.17, 15) is 18.7 Å². The molecule has 0 aromatic heterocycles. The number of hydrogen-bond donors (Lipinski definition) is 1. The molecular weight excluding hydrogens is 382 g/mol. The fourth-order valence-electron chi connectivity index (χ4n) is 4.80. The molecule has 3 atom stereocenters. The highest BCUT2D eigenvalue weighted by Crippen LogP contribution is 2.37. The maximum Gasteiger partial charge on any atom is 0.254 e. The fraction of sp³-hybridized carbons (Fsp3) is 0.667. The van der Waals surface area contributed by atoms with Gasteiger partial charge in [-0.3, -0.25) is 4.79 Å². The third-order valence-electron chi connectivity index (χ3n) is 6.58. The van der Waals surface area contributed by atoms with E-state index in [0.717, 1.165) is 6.42 Å². The highest BCUT2D eigenvalue weighted by Gasteiger charge is 2.44. The predicted octanol–water partition coefficient (Wildman–Crippen LogP) is 2.61. The van der Waals surface area contributed by atoms with E-state index >= 15 is 0 Å². The van der Waals surface area contributed by atoms with E-state index in [4.69, 9.17) is 9.47 Å². The molecule has 1 N–H and O–H groups in total. The lowest BCUT2D eigenvalue weighted by Crippen LogP contribution is -2.46. The van der Waals surface area contributed by atoms with Crippen molar-refractivity contribution in [2.45, 2.75) is 38.2 Å². The molecule has 29 heavy (non-hydrogen) atoms. The summed E-state index contributed by atoms with van der Waals surface area (Å²) < 4.78 is 37.7. The molecule has 3 aliphatic rings. The van der Waals surface area contributed by atoms with Gasteiger partial charge in [0.15, 0.2) is 11.5 Å². The molecule has 3 heterocycles. The SMILES string of the molecule is CC[C@@H]1CN(C(=O)c2ccc3c(c2)OCO3)[C@H](CO)[C@@H]1CN1CCC(F)(F)CC1. The van der Waals surface area contributed by atoms with Gasteiger partial charge in [-0.1, -0.05) is 13.3 Å². The highest BCUT2D eigenvalue weighted by atomic mass is 19.3. The number of nitrogens with zero attached hydrogens (tertiary/aromatic N) is 2. The maximum absolute atomic E-state index is 13.5. The van der Waals surface area contributed by atoms with Crippen LogP contribution in [0.25, 0.3) is 0 Å². The number of ether oxygens (including phenoxy) is 2. The first-order chi connectivity index (χ1) is 13.9. The summed E-state index contributed by atoms with van der Waals surface area (Å²) >= 11 is 0. The van der Waals surface area contributed by atoms with Crippen LogP contribution in [-0.2, 0) is 0 Å². The summed E-state index contributed by atoms with van der Waals surface area (Å²) in [5, 5.41) is 10.1. The van der Waals surface area contributed by atoms with Gasteiger partial charge in [0.25, 0.3) is 11.8 Å². The minimum atomic E-state index is -2.58. The van der Waals surface area contributed by atoms with Crippen molar-refractivity contribution in [3.8, 4) is 11.5 Å². The summed E-state index contributed by atoms with van der Waals surface area (Å²) in [5.74, 6) is -1.26. The molecule has 1 aromatic rings. The molecule has 6 nitrogen and oxygen atoms in total. The van der Waals surface area contributed by atoms with Crippen molar-refractivity contribution in [2.75, 3.05) is 39.6 Å². The zero-order valence-electron chi connectivity index (χ0n) is 16.7. The number of alkyl halides is 2. The number of amides is 1. The summed E-state index contributed by atoms with van der Waals surface area (Å²) in [6.45, 7) is 3.98. The van der Waals surface area contributed by atoms with Crippen molar-refractivity contribution in [3.63, 3.8) is 0 Å². The number of fused-ring (bicyclic) bond motifs is 1. The van der Waals surface area contributed by atoms with Crippen LogP contribution in [0.15, 0.2) is 18.2 Å². The summed E-state index contributed by atoms with van der Waals surface area (Å²) in [7, 11) is 0. The van der Waals surface area contributed by atoms with Crippen LogP contribution in [0.3, 0.4) is 0 Å². The second-order valence-electron chi connectivity index (χ2n) is 8.26. The van der Waals surface area contributed by atoms with Gasteiger partial charge in [-0.25, -0.2) is 8.78 Å². The number of piperidine rings is 1. The summed E-state index contributed by atoms with van der Waals surface area (Å²) in [5.41, 5.74) is 0.501. The largest absolute Gasteiger partial charge is 0.454 e. The average Bonchev–Trinajstić information content (AvgIpc) is 3.32. The van der Waals surface area contributed by atoms with Gasteiger partial charge in [0.05, 0.1) is 12.6 Å². The Hall–Kier alpha value is -1.93. The molecule has 4 rings (SSSR count). The predicted molar refractivity (Wildman–Crippen MR) is 102 cm³/mol. The molecule has 8 heteroatoms. The van der Waals surface area contributed by atoms with Crippen LogP contribution in [0.1, 0.15) is 36.5 Å². The molecule has 160 valence electrons. The van der Waals surface area contributed by atoms with Crippen LogP contribution in [0.5, 0.6) is 11.5 Å². The van der Waals surface area contributed by atoms with Crippen molar-refractivity contribution >= 4 is 5.91 Å². The number of aliphatic hydroxyl groups is 1. The Morgan fingerprint density at radius 3 is 2.66 bits per heavy atom. The van der Waals surface area contributed by atoms with Crippen LogP contribution < -0.4 is 9.47 Å². The van der Waals surface area contributed by atoms with E-state index in [1.165, 1.54) is 0 Å². The molecule has 0 aliphatic carbocycles. The third kappa shape index (κ3) is 4.05.